The number of aryl methyl sites for hydroxylation is 1. The van der Waals surface area contributed by atoms with Crippen LogP contribution in [0.4, 0.5) is 0 Å². The van der Waals surface area contributed by atoms with Crippen LogP contribution in [0.3, 0.4) is 0 Å². The largest absolute Gasteiger partial charge is 0.354 e. The fourth-order valence-corrected chi connectivity index (χ4v) is 3.13. The molecule has 1 N–H and O–H groups in total. The number of hydrogen-bond acceptors (Lipinski definition) is 2. The Kier molecular flexibility index (Phi) is 8.04. The Hall–Kier alpha value is -2.14. The van der Waals surface area contributed by atoms with Gasteiger partial charge < -0.3 is 10.2 Å². The Balaban J connectivity index is 2.20. The van der Waals surface area contributed by atoms with Crippen LogP contribution in [0.5, 0.6) is 0 Å². The van der Waals surface area contributed by atoms with Crippen molar-refractivity contribution >= 4 is 27.7 Å². The van der Waals surface area contributed by atoms with Crippen molar-refractivity contribution in [1.29, 1.82) is 0 Å². The van der Waals surface area contributed by atoms with Gasteiger partial charge in [-0.05, 0) is 43.5 Å². The van der Waals surface area contributed by atoms with Crippen molar-refractivity contribution in [2.24, 2.45) is 0 Å². The molecule has 5 heteroatoms. The second-order valence-electron chi connectivity index (χ2n) is 6.78. The molecule has 0 aliphatic carbocycles. The molecule has 0 aliphatic rings. The highest BCUT2D eigenvalue weighted by molar-refractivity contribution is 9.10. The third kappa shape index (κ3) is 6.51. The molecule has 2 aromatic carbocycles. The molecule has 0 radical (unpaired) electrons. The molecule has 2 rings (SSSR count). The summed E-state index contributed by atoms with van der Waals surface area (Å²) in [5, 5.41) is 2.89. The van der Waals surface area contributed by atoms with Crippen LogP contribution < -0.4 is 5.32 Å². The summed E-state index contributed by atoms with van der Waals surface area (Å²) in [7, 11) is 0. The van der Waals surface area contributed by atoms with E-state index in [1.807, 2.05) is 62.4 Å². The number of nitrogens with one attached hydrogen (secondary N) is 1. The Labute approximate surface area is 170 Å². The van der Waals surface area contributed by atoms with E-state index in [4.69, 9.17) is 0 Å². The lowest BCUT2D eigenvalue weighted by Crippen LogP contribution is -2.48. The molecule has 0 saturated heterocycles. The number of nitrogens with zero attached hydrogens (tertiary/aromatic N) is 1. The van der Waals surface area contributed by atoms with Crippen LogP contribution >= 0.6 is 15.9 Å². The lowest BCUT2D eigenvalue weighted by atomic mass is 10.1. The molecule has 144 valence electrons. The summed E-state index contributed by atoms with van der Waals surface area (Å²) in [5.41, 5.74) is 3.07. The van der Waals surface area contributed by atoms with Crippen LogP contribution in [0.1, 0.15) is 37.0 Å². The van der Waals surface area contributed by atoms with Crippen molar-refractivity contribution in [2.45, 2.75) is 46.2 Å². The van der Waals surface area contributed by atoms with Gasteiger partial charge in [-0.15, -0.1) is 0 Å². The van der Waals surface area contributed by atoms with Crippen LogP contribution in [0.2, 0.25) is 0 Å². The third-order valence-electron chi connectivity index (χ3n) is 4.42. The minimum absolute atomic E-state index is 0.0531. The maximum atomic E-state index is 13.1. The maximum Gasteiger partial charge on any atom is 0.242 e. The first kappa shape index (κ1) is 21.2. The molecule has 0 fully saturated rings. The van der Waals surface area contributed by atoms with Crippen molar-refractivity contribution in [2.75, 3.05) is 6.54 Å². The lowest BCUT2D eigenvalue weighted by molar-refractivity contribution is -0.140. The minimum atomic E-state index is -0.530. The van der Waals surface area contributed by atoms with Crippen LogP contribution in [0, 0.1) is 6.92 Å². The molecular weight excluding hydrogens is 404 g/mol. The summed E-state index contributed by atoms with van der Waals surface area (Å²) in [6, 6.07) is 15.2. The standard InChI is InChI=1S/C22H27BrN2O2/c1-4-12-24-22(27)17(3)25(15-18-8-10-20(23)11-9-18)21(26)14-19-7-5-6-16(2)13-19/h5-11,13,17H,4,12,14-15H2,1-3H3,(H,24,27). The fraction of sp³-hybridized carbons (Fsp3) is 0.364. The fourth-order valence-electron chi connectivity index (χ4n) is 2.86. The zero-order valence-corrected chi connectivity index (χ0v) is 17.8. The Morgan fingerprint density at radius 2 is 1.81 bits per heavy atom. The second kappa shape index (κ2) is 10.3. The van der Waals surface area contributed by atoms with Gasteiger partial charge in [0.1, 0.15) is 6.04 Å². The van der Waals surface area contributed by atoms with Gasteiger partial charge in [0.15, 0.2) is 0 Å². The van der Waals surface area contributed by atoms with Crippen LogP contribution in [-0.2, 0) is 22.6 Å². The topological polar surface area (TPSA) is 49.4 Å². The molecule has 0 spiro atoms. The quantitative estimate of drug-likeness (QED) is 0.680. The third-order valence-corrected chi connectivity index (χ3v) is 4.95. The van der Waals surface area contributed by atoms with Crippen LogP contribution in [-0.4, -0.2) is 29.3 Å². The van der Waals surface area contributed by atoms with E-state index in [1.54, 1.807) is 11.8 Å². The highest BCUT2D eigenvalue weighted by Crippen LogP contribution is 2.16. The number of halogens is 1. The van der Waals surface area contributed by atoms with E-state index in [-0.39, 0.29) is 18.2 Å². The molecular formula is C22H27BrN2O2. The number of amides is 2. The van der Waals surface area contributed by atoms with Crippen LogP contribution in [0.15, 0.2) is 53.0 Å². The van der Waals surface area contributed by atoms with E-state index < -0.39 is 6.04 Å². The van der Waals surface area contributed by atoms with Crippen molar-refractivity contribution < 1.29 is 9.59 Å². The highest BCUT2D eigenvalue weighted by Gasteiger charge is 2.26. The molecule has 27 heavy (non-hydrogen) atoms. The lowest BCUT2D eigenvalue weighted by Gasteiger charge is -2.29. The predicted octanol–water partition coefficient (Wildman–Crippen LogP) is 4.24. The van der Waals surface area contributed by atoms with E-state index in [0.717, 1.165) is 27.6 Å². The van der Waals surface area contributed by atoms with Gasteiger partial charge in [0.05, 0.1) is 6.42 Å². The summed E-state index contributed by atoms with van der Waals surface area (Å²) in [6.45, 7) is 6.82. The van der Waals surface area contributed by atoms with Gasteiger partial charge in [-0.3, -0.25) is 9.59 Å². The van der Waals surface area contributed by atoms with E-state index in [2.05, 4.69) is 21.2 Å². The number of benzene rings is 2. The highest BCUT2D eigenvalue weighted by atomic mass is 79.9. The summed E-state index contributed by atoms with van der Waals surface area (Å²) < 4.78 is 0.984. The monoisotopic (exact) mass is 430 g/mol. The summed E-state index contributed by atoms with van der Waals surface area (Å²) in [6.07, 6.45) is 1.14. The predicted molar refractivity (Wildman–Crippen MR) is 112 cm³/mol. The molecule has 0 aromatic heterocycles. The normalized spacial score (nSPS) is 11.7. The number of rotatable bonds is 8. The number of hydrogen-bond donors (Lipinski definition) is 1. The minimum Gasteiger partial charge on any atom is -0.354 e. The molecule has 0 bridgehead atoms. The summed E-state index contributed by atoms with van der Waals surface area (Å²) >= 11 is 3.43. The van der Waals surface area contributed by atoms with E-state index in [9.17, 15) is 9.59 Å². The van der Waals surface area contributed by atoms with Gasteiger partial charge in [0, 0.05) is 17.6 Å². The zero-order valence-electron chi connectivity index (χ0n) is 16.2. The van der Waals surface area contributed by atoms with Gasteiger partial charge in [0.2, 0.25) is 11.8 Å². The van der Waals surface area contributed by atoms with Crippen molar-refractivity contribution in [1.82, 2.24) is 10.2 Å². The van der Waals surface area contributed by atoms with Gasteiger partial charge in [0.25, 0.3) is 0 Å². The van der Waals surface area contributed by atoms with Gasteiger partial charge >= 0.3 is 0 Å². The van der Waals surface area contributed by atoms with E-state index in [0.29, 0.717) is 13.1 Å². The molecule has 2 aromatic rings. The Morgan fingerprint density at radius 1 is 1.11 bits per heavy atom. The number of carbonyl (C=O) groups is 2. The molecule has 2 amide bonds. The number of carbonyl (C=O) groups excluding carboxylic acids is 2. The van der Waals surface area contributed by atoms with E-state index >= 15 is 0 Å². The van der Waals surface area contributed by atoms with Crippen molar-refractivity contribution in [3.8, 4) is 0 Å². The van der Waals surface area contributed by atoms with Crippen molar-refractivity contribution in [3.05, 3.63) is 69.7 Å². The molecule has 4 nitrogen and oxygen atoms in total. The Bertz CT molecular complexity index is 774. The first-order valence-corrected chi connectivity index (χ1v) is 10.1. The maximum absolute atomic E-state index is 13.1. The first-order chi connectivity index (χ1) is 12.9. The van der Waals surface area contributed by atoms with Gasteiger partial charge in [-0.1, -0.05) is 64.8 Å². The zero-order chi connectivity index (χ0) is 19.8. The molecule has 0 saturated carbocycles. The molecule has 0 heterocycles. The molecule has 1 unspecified atom stereocenters. The SMILES string of the molecule is CCCNC(=O)C(C)N(Cc1ccc(Br)cc1)C(=O)Cc1cccc(C)c1. The first-order valence-electron chi connectivity index (χ1n) is 9.28. The summed E-state index contributed by atoms with van der Waals surface area (Å²) in [5.74, 6) is -0.172. The van der Waals surface area contributed by atoms with Gasteiger partial charge in [-0.25, -0.2) is 0 Å². The smallest absolute Gasteiger partial charge is 0.242 e. The summed E-state index contributed by atoms with van der Waals surface area (Å²) in [4.78, 5) is 27.2. The molecule has 1 atom stereocenters. The average molecular weight is 431 g/mol. The second-order valence-corrected chi connectivity index (χ2v) is 7.70. The van der Waals surface area contributed by atoms with Gasteiger partial charge in [-0.2, -0.15) is 0 Å². The Morgan fingerprint density at radius 3 is 2.44 bits per heavy atom. The van der Waals surface area contributed by atoms with Crippen molar-refractivity contribution in [3.63, 3.8) is 0 Å². The molecule has 0 aliphatic heterocycles. The van der Waals surface area contributed by atoms with E-state index in [1.165, 1.54) is 0 Å². The average Bonchev–Trinajstić information content (AvgIpc) is 2.65. The van der Waals surface area contributed by atoms with Crippen LogP contribution in [0.25, 0.3) is 0 Å².